The van der Waals surface area contributed by atoms with E-state index in [0.717, 1.165) is 36.9 Å². The zero-order valence-corrected chi connectivity index (χ0v) is 18.7. The zero-order chi connectivity index (χ0) is 21.9. The van der Waals surface area contributed by atoms with Gasteiger partial charge in [-0.1, -0.05) is 48.5 Å². The van der Waals surface area contributed by atoms with Crippen molar-refractivity contribution in [3.05, 3.63) is 89.5 Å². The Hall–Kier alpha value is -2.98. The van der Waals surface area contributed by atoms with Crippen LogP contribution in [-0.2, 0) is 0 Å². The van der Waals surface area contributed by atoms with Crippen LogP contribution in [0.1, 0.15) is 41.4 Å². The lowest BCUT2D eigenvalue weighted by Gasteiger charge is -2.36. The molecule has 3 aromatic rings. The number of nitrogens with zero attached hydrogens (tertiary/aromatic N) is 1. The van der Waals surface area contributed by atoms with E-state index in [-0.39, 0.29) is 17.6 Å². The number of aromatic hydroxyl groups is 1. The monoisotopic (exact) mass is 428 g/mol. The third-order valence-corrected chi connectivity index (χ3v) is 7.11. The van der Waals surface area contributed by atoms with E-state index in [1.54, 1.807) is 12.1 Å². The second kappa shape index (κ2) is 9.25. The van der Waals surface area contributed by atoms with E-state index in [9.17, 15) is 5.11 Å². The zero-order valence-electron chi connectivity index (χ0n) is 18.7. The fraction of sp³-hybridized carbons (Fsp3) is 0.357. The second-order valence-corrected chi connectivity index (χ2v) is 9.11. The molecule has 2 aliphatic heterocycles. The van der Waals surface area contributed by atoms with E-state index in [2.05, 4.69) is 64.8 Å². The molecule has 2 N–H and O–H groups in total. The summed E-state index contributed by atoms with van der Waals surface area (Å²) >= 11 is 0. The highest BCUT2D eigenvalue weighted by Gasteiger charge is 2.33. The number of fused-ring (bicyclic) bond motifs is 1. The first-order valence-electron chi connectivity index (χ1n) is 11.7. The molecule has 166 valence electrons. The summed E-state index contributed by atoms with van der Waals surface area (Å²) in [6.45, 7) is 3.97. The molecule has 2 heterocycles. The fourth-order valence-corrected chi connectivity index (χ4v) is 5.37. The molecular weight excluding hydrogens is 396 g/mol. The first-order chi connectivity index (χ1) is 15.7. The Bertz CT molecular complexity index is 1030. The van der Waals surface area contributed by atoms with Crippen LogP contribution in [0.25, 0.3) is 0 Å². The molecule has 2 aliphatic rings. The Morgan fingerprint density at radius 3 is 2.41 bits per heavy atom. The van der Waals surface area contributed by atoms with Gasteiger partial charge in [0.1, 0.15) is 11.5 Å². The molecule has 2 atom stereocenters. The lowest BCUT2D eigenvalue weighted by molar-refractivity contribution is 0.248. The van der Waals surface area contributed by atoms with Crippen LogP contribution in [0.5, 0.6) is 11.5 Å². The summed E-state index contributed by atoms with van der Waals surface area (Å²) in [5.74, 6) is 2.25. The van der Waals surface area contributed by atoms with E-state index in [1.807, 2.05) is 13.1 Å². The molecule has 0 aromatic heterocycles. The normalized spacial score (nSPS) is 21.1. The SMILES string of the molecule is CNCC1CCN(c2ccc(C3c4ccc(O)cc4OCC3c3ccccc3)cc2)CC1. The molecule has 4 nitrogen and oxygen atoms in total. The first-order valence-corrected chi connectivity index (χ1v) is 11.7. The summed E-state index contributed by atoms with van der Waals surface area (Å²) in [5.41, 5.74) is 5.03. The minimum Gasteiger partial charge on any atom is -0.508 e. The van der Waals surface area contributed by atoms with Crippen molar-refractivity contribution in [1.29, 1.82) is 0 Å². The Morgan fingerprint density at radius 1 is 0.938 bits per heavy atom. The number of benzene rings is 3. The van der Waals surface area contributed by atoms with E-state index < -0.39 is 0 Å². The number of rotatable bonds is 5. The van der Waals surface area contributed by atoms with E-state index in [0.29, 0.717) is 6.61 Å². The van der Waals surface area contributed by atoms with Crippen molar-refractivity contribution in [2.75, 3.05) is 38.2 Å². The van der Waals surface area contributed by atoms with Crippen molar-refractivity contribution in [3.8, 4) is 11.5 Å². The van der Waals surface area contributed by atoms with Gasteiger partial charge in [-0.15, -0.1) is 0 Å². The third kappa shape index (κ3) is 4.20. The van der Waals surface area contributed by atoms with Gasteiger partial charge in [0.25, 0.3) is 0 Å². The summed E-state index contributed by atoms with van der Waals surface area (Å²) in [6.07, 6.45) is 2.49. The summed E-state index contributed by atoms with van der Waals surface area (Å²) < 4.78 is 6.10. The molecule has 0 amide bonds. The van der Waals surface area contributed by atoms with E-state index in [4.69, 9.17) is 4.74 Å². The number of piperidine rings is 1. The van der Waals surface area contributed by atoms with E-state index in [1.165, 1.54) is 29.7 Å². The molecular formula is C28H32N2O2. The van der Waals surface area contributed by atoms with Gasteiger partial charge in [-0.25, -0.2) is 0 Å². The summed E-state index contributed by atoms with van der Waals surface area (Å²) in [7, 11) is 2.05. The number of ether oxygens (including phenoxy) is 1. The lowest BCUT2D eigenvalue weighted by atomic mass is 9.76. The standard InChI is InChI=1S/C28H32N2O2/c1-29-18-20-13-15-30(16-14-20)23-9-7-22(8-10-23)28-25-12-11-24(31)17-27(25)32-19-26(28)21-5-3-2-4-6-21/h2-12,17,20,26,28-29,31H,13-16,18-19H2,1H3. The Labute approximate surface area is 190 Å². The number of anilines is 1. The predicted molar refractivity (Wildman–Crippen MR) is 130 cm³/mol. The average Bonchev–Trinajstić information content (AvgIpc) is 2.84. The quantitative estimate of drug-likeness (QED) is 0.591. The molecule has 0 saturated carbocycles. The van der Waals surface area contributed by atoms with Gasteiger partial charge in [0.05, 0.1) is 6.61 Å². The predicted octanol–water partition coefficient (Wildman–Crippen LogP) is 5.14. The van der Waals surface area contributed by atoms with Crippen molar-refractivity contribution in [2.45, 2.75) is 24.7 Å². The number of phenols is 1. The van der Waals surface area contributed by atoms with Crippen molar-refractivity contribution in [2.24, 2.45) is 5.92 Å². The fourth-order valence-electron chi connectivity index (χ4n) is 5.37. The minimum absolute atomic E-state index is 0.192. The number of phenolic OH excluding ortho intramolecular Hbond substituents is 1. The van der Waals surface area contributed by atoms with Crippen LogP contribution in [0, 0.1) is 5.92 Å². The summed E-state index contributed by atoms with van der Waals surface area (Å²) in [5, 5.41) is 13.3. The van der Waals surface area contributed by atoms with Gasteiger partial charge in [0, 0.05) is 42.2 Å². The Balaban J connectivity index is 1.43. The smallest absolute Gasteiger partial charge is 0.126 e. The maximum atomic E-state index is 9.97. The van der Waals surface area contributed by atoms with Gasteiger partial charge in [-0.3, -0.25) is 0 Å². The van der Waals surface area contributed by atoms with E-state index >= 15 is 0 Å². The molecule has 0 spiro atoms. The Kier molecular flexibility index (Phi) is 6.04. The topological polar surface area (TPSA) is 44.7 Å². The van der Waals surface area contributed by atoms with Crippen molar-refractivity contribution in [1.82, 2.24) is 5.32 Å². The molecule has 32 heavy (non-hydrogen) atoms. The van der Waals surface area contributed by atoms with Crippen LogP contribution in [0.2, 0.25) is 0 Å². The molecule has 2 unspecified atom stereocenters. The maximum Gasteiger partial charge on any atom is 0.126 e. The molecule has 1 fully saturated rings. The Morgan fingerprint density at radius 2 is 1.69 bits per heavy atom. The maximum absolute atomic E-state index is 9.97. The second-order valence-electron chi connectivity index (χ2n) is 9.11. The molecule has 4 heteroatoms. The van der Waals surface area contributed by atoms with Gasteiger partial charge in [0.15, 0.2) is 0 Å². The molecule has 1 saturated heterocycles. The third-order valence-electron chi connectivity index (χ3n) is 7.11. The highest BCUT2D eigenvalue weighted by molar-refractivity contribution is 5.54. The van der Waals surface area contributed by atoms with Crippen LogP contribution in [-0.4, -0.2) is 38.4 Å². The van der Waals surface area contributed by atoms with Gasteiger partial charge >= 0.3 is 0 Å². The lowest BCUT2D eigenvalue weighted by Crippen LogP contribution is -2.36. The number of nitrogens with one attached hydrogen (secondary N) is 1. The first kappa shape index (κ1) is 20.9. The van der Waals surface area contributed by atoms with Crippen molar-refractivity contribution in [3.63, 3.8) is 0 Å². The molecule has 5 rings (SSSR count). The van der Waals surface area contributed by atoms with Gasteiger partial charge < -0.3 is 20.1 Å². The van der Waals surface area contributed by atoms with Crippen LogP contribution < -0.4 is 15.0 Å². The van der Waals surface area contributed by atoms with Gasteiger partial charge in [-0.2, -0.15) is 0 Å². The van der Waals surface area contributed by atoms with Crippen molar-refractivity contribution < 1.29 is 9.84 Å². The average molecular weight is 429 g/mol. The largest absolute Gasteiger partial charge is 0.508 e. The summed E-state index contributed by atoms with van der Waals surface area (Å²) in [4.78, 5) is 2.51. The van der Waals surface area contributed by atoms with Crippen LogP contribution >= 0.6 is 0 Å². The van der Waals surface area contributed by atoms with Gasteiger partial charge in [-0.05, 0) is 61.7 Å². The van der Waals surface area contributed by atoms with Crippen molar-refractivity contribution >= 4 is 5.69 Å². The highest BCUT2D eigenvalue weighted by Crippen LogP contribution is 2.47. The highest BCUT2D eigenvalue weighted by atomic mass is 16.5. The number of hydrogen-bond donors (Lipinski definition) is 2. The molecule has 3 aromatic carbocycles. The molecule has 0 aliphatic carbocycles. The van der Waals surface area contributed by atoms with Crippen LogP contribution in [0.15, 0.2) is 72.8 Å². The molecule has 0 radical (unpaired) electrons. The minimum atomic E-state index is 0.192. The summed E-state index contributed by atoms with van der Waals surface area (Å²) in [6, 6.07) is 25.3. The van der Waals surface area contributed by atoms with Gasteiger partial charge in [0.2, 0.25) is 0 Å². The molecule has 0 bridgehead atoms. The number of hydrogen-bond acceptors (Lipinski definition) is 4. The van der Waals surface area contributed by atoms with Crippen LogP contribution in [0.3, 0.4) is 0 Å². The van der Waals surface area contributed by atoms with Crippen LogP contribution in [0.4, 0.5) is 5.69 Å².